The number of hydrogen-bond donors (Lipinski definition) is 3. The molecule has 0 unspecified atom stereocenters. The van der Waals surface area contributed by atoms with Crippen LogP contribution in [0.5, 0.6) is 0 Å². The van der Waals surface area contributed by atoms with Crippen molar-refractivity contribution < 1.29 is 9.90 Å². The van der Waals surface area contributed by atoms with Crippen LogP contribution in [-0.4, -0.2) is 27.1 Å². The molecule has 0 aliphatic carbocycles. The molecular weight excluding hydrogens is 230 g/mol. The number of carbonyl (C=O) groups is 1. The molecule has 2 rings (SSSR count). The molecule has 0 spiro atoms. The third kappa shape index (κ3) is 2.87. The third-order valence-corrected chi connectivity index (χ3v) is 3.02. The predicted molar refractivity (Wildman–Crippen MR) is 68.8 cm³/mol. The smallest absolute Gasteiger partial charge is 0.220 e. The van der Waals surface area contributed by atoms with E-state index in [2.05, 4.69) is 9.97 Å². The van der Waals surface area contributed by atoms with Crippen LogP contribution in [0.3, 0.4) is 0 Å². The van der Waals surface area contributed by atoms with Crippen LogP contribution in [-0.2, 0) is 11.2 Å². The van der Waals surface area contributed by atoms with E-state index in [9.17, 15) is 9.90 Å². The molecule has 1 aromatic carbocycles. The Kier molecular flexibility index (Phi) is 3.62. The van der Waals surface area contributed by atoms with E-state index in [0.29, 0.717) is 6.42 Å². The lowest BCUT2D eigenvalue weighted by Gasteiger charge is -2.15. The van der Waals surface area contributed by atoms with Crippen LogP contribution in [0.1, 0.15) is 19.2 Å². The number of nitrogens with one attached hydrogen (secondary N) is 1. The van der Waals surface area contributed by atoms with Crippen LogP contribution in [0.4, 0.5) is 0 Å². The summed E-state index contributed by atoms with van der Waals surface area (Å²) in [5.41, 5.74) is 6.95. The number of primary amides is 1. The molecular formula is C13H17N3O2. The Labute approximate surface area is 105 Å². The van der Waals surface area contributed by atoms with E-state index < -0.39 is 12.0 Å². The number of para-hydroxylation sites is 2. The van der Waals surface area contributed by atoms with Gasteiger partial charge in [-0.1, -0.05) is 19.1 Å². The predicted octanol–water partition coefficient (Wildman–Crippen LogP) is 0.978. The third-order valence-electron chi connectivity index (χ3n) is 3.02. The van der Waals surface area contributed by atoms with E-state index in [1.807, 2.05) is 31.2 Å². The SMILES string of the molecule is C[C@H](Cc1nc2ccccc2[nH]1)[C@@H](O)CC(N)=O. The number of aliphatic hydroxyl groups is 1. The number of benzene rings is 1. The first kappa shape index (κ1) is 12.6. The van der Waals surface area contributed by atoms with Crippen LogP contribution >= 0.6 is 0 Å². The molecule has 0 aliphatic rings. The number of aliphatic hydroxyl groups excluding tert-OH is 1. The highest BCUT2D eigenvalue weighted by molar-refractivity contribution is 5.75. The summed E-state index contributed by atoms with van der Waals surface area (Å²) in [6.07, 6.45) is -0.152. The summed E-state index contributed by atoms with van der Waals surface area (Å²) in [6, 6.07) is 7.75. The molecule has 0 saturated heterocycles. The van der Waals surface area contributed by atoms with E-state index in [1.54, 1.807) is 0 Å². The minimum Gasteiger partial charge on any atom is -0.392 e. The maximum atomic E-state index is 10.7. The zero-order valence-electron chi connectivity index (χ0n) is 10.3. The average Bonchev–Trinajstić information content (AvgIpc) is 2.69. The largest absolute Gasteiger partial charge is 0.392 e. The second kappa shape index (κ2) is 5.18. The van der Waals surface area contributed by atoms with Gasteiger partial charge in [-0.25, -0.2) is 4.98 Å². The van der Waals surface area contributed by atoms with Crippen molar-refractivity contribution in [2.24, 2.45) is 11.7 Å². The zero-order chi connectivity index (χ0) is 13.1. The summed E-state index contributed by atoms with van der Waals surface area (Å²) in [7, 11) is 0. The van der Waals surface area contributed by atoms with Gasteiger partial charge in [0.1, 0.15) is 5.82 Å². The van der Waals surface area contributed by atoms with Crippen LogP contribution in [0.15, 0.2) is 24.3 Å². The molecule has 18 heavy (non-hydrogen) atoms. The Balaban J connectivity index is 2.06. The van der Waals surface area contributed by atoms with Crippen LogP contribution in [0, 0.1) is 5.92 Å². The number of aromatic nitrogens is 2. The van der Waals surface area contributed by atoms with Crippen molar-refractivity contribution in [2.45, 2.75) is 25.9 Å². The number of nitrogens with two attached hydrogens (primary N) is 1. The first-order valence-electron chi connectivity index (χ1n) is 5.96. The Hall–Kier alpha value is -1.88. The molecule has 0 aliphatic heterocycles. The number of carbonyl (C=O) groups excluding carboxylic acids is 1. The highest BCUT2D eigenvalue weighted by Gasteiger charge is 2.18. The Morgan fingerprint density at radius 2 is 2.22 bits per heavy atom. The van der Waals surface area contributed by atoms with Crippen molar-refractivity contribution in [3.8, 4) is 0 Å². The number of hydrogen-bond acceptors (Lipinski definition) is 3. The molecule has 2 aromatic rings. The second-order valence-electron chi connectivity index (χ2n) is 4.62. The quantitative estimate of drug-likeness (QED) is 0.735. The first-order valence-corrected chi connectivity index (χ1v) is 5.96. The summed E-state index contributed by atoms with van der Waals surface area (Å²) >= 11 is 0. The van der Waals surface area contributed by atoms with Gasteiger partial charge in [-0.2, -0.15) is 0 Å². The lowest BCUT2D eigenvalue weighted by atomic mass is 9.98. The Bertz CT molecular complexity index is 517. The molecule has 96 valence electrons. The van der Waals surface area contributed by atoms with Gasteiger partial charge in [0.15, 0.2) is 0 Å². The zero-order valence-corrected chi connectivity index (χ0v) is 10.3. The molecule has 0 radical (unpaired) electrons. The van der Waals surface area contributed by atoms with Gasteiger partial charge in [-0.3, -0.25) is 4.79 Å². The average molecular weight is 247 g/mol. The second-order valence-corrected chi connectivity index (χ2v) is 4.62. The molecule has 4 N–H and O–H groups in total. The van der Waals surface area contributed by atoms with Crippen LogP contribution in [0.2, 0.25) is 0 Å². The fraction of sp³-hybridized carbons (Fsp3) is 0.385. The summed E-state index contributed by atoms with van der Waals surface area (Å²) < 4.78 is 0. The van der Waals surface area contributed by atoms with Crippen molar-refractivity contribution >= 4 is 16.9 Å². The van der Waals surface area contributed by atoms with Gasteiger partial charge in [-0.15, -0.1) is 0 Å². The van der Waals surface area contributed by atoms with Gasteiger partial charge in [0.25, 0.3) is 0 Å². The van der Waals surface area contributed by atoms with Crippen molar-refractivity contribution in [1.29, 1.82) is 0 Å². The fourth-order valence-corrected chi connectivity index (χ4v) is 1.95. The van der Waals surface area contributed by atoms with Gasteiger partial charge in [-0.05, 0) is 18.1 Å². The molecule has 5 heteroatoms. The first-order chi connectivity index (χ1) is 8.56. The lowest BCUT2D eigenvalue weighted by Crippen LogP contribution is -2.26. The maximum Gasteiger partial charge on any atom is 0.220 e. The molecule has 0 bridgehead atoms. The Morgan fingerprint density at radius 3 is 2.89 bits per heavy atom. The number of H-pyrrole nitrogens is 1. The van der Waals surface area contributed by atoms with Crippen LogP contribution in [0.25, 0.3) is 11.0 Å². The van der Waals surface area contributed by atoms with Gasteiger partial charge < -0.3 is 15.8 Å². The van der Waals surface area contributed by atoms with Crippen molar-refractivity contribution in [1.82, 2.24) is 9.97 Å². The monoisotopic (exact) mass is 247 g/mol. The highest BCUT2D eigenvalue weighted by Crippen LogP contribution is 2.16. The minimum absolute atomic E-state index is 0.0125. The van der Waals surface area contributed by atoms with Gasteiger partial charge in [0.2, 0.25) is 5.91 Å². The molecule has 2 atom stereocenters. The number of nitrogens with zero attached hydrogens (tertiary/aromatic N) is 1. The summed E-state index contributed by atoms with van der Waals surface area (Å²) in [6.45, 7) is 1.88. The molecule has 5 nitrogen and oxygen atoms in total. The number of amides is 1. The lowest BCUT2D eigenvalue weighted by molar-refractivity contribution is -0.120. The van der Waals surface area contributed by atoms with E-state index in [1.165, 1.54) is 0 Å². The topological polar surface area (TPSA) is 92.0 Å². The number of fused-ring (bicyclic) bond motifs is 1. The summed E-state index contributed by atoms with van der Waals surface area (Å²) in [5.74, 6) is 0.254. The van der Waals surface area contributed by atoms with E-state index in [0.717, 1.165) is 16.9 Å². The number of imidazole rings is 1. The summed E-state index contributed by atoms with van der Waals surface area (Å²) in [5, 5.41) is 9.78. The molecule has 1 aromatic heterocycles. The normalized spacial score (nSPS) is 14.6. The Morgan fingerprint density at radius 1 is 1.50 bits per heavy atom. The van der Waals surface area contributed by atoms with Crippen molar-refractivity contribution in [3.05, 3.63) is 30.1 Å². The van der Waals surface area contributed by atoms with E-state index >= 15 is 0 Å². The molecule has 1 heterocycles. The maximum absolute atomic E-state index is 10.7. The van der Waals surface area contributed by atoms with E-state index in [4.69, 9.17) is 5.73 Å². The van der Waals surface area contributed by atoms with Crippen molar-refractivity contribution in [3.63, 3.8) is 0 Å². The molecule has 1 amide bonds. The molecule has 0 saturated carbocycles. The van der Waals surface area contributed by atoms with Crippen molar-refractivity contribution in [2.75, 3.05) is 0 Å². The fourth-order valence-electron chi connectivity index (χ4n) is 1.95. The van der Waals surface area contributed by atoms with Gasteiger partial charge in [0, 0.05) is 6.42 Å². The standard InChI is InChI=1S/C13H17N3O2/c1-8(11(17)7-12(14)18)6-13-15-9-4-2-3-5-10(9)16-13/h2-5,8,11,17H,6-7H2,1H3,(H2,14,18)(H,15,16)/t8-,11+/m1/s1. The minimum atomic E-state index is -0.726. The van der Waals surface area contributed by atoms with Gasteiger partial charge >= 0.3 is 0 Å². The highest BCUT2D eigenvalue weighted by atomic mass is 16.3. The number of rotatable bonds is 5. The van der Waals surface area contributed by atoms with Crippen LogP contribution < -0.4 is 5.73 Å². The summed E-state index contributed by atoms with van der Waals surface area (Å²) in [4.78, 5) is 18.4. The number of aromatic amines is 1. The molecule has 0 fully saturated rings. The van der Waals surface area contributed by atoms with E-state index in [-0.39, 0.29) is 12.3 Å². The van der Waals surface area contributed by atoms with Gasteiger partial charge in [0.05, 0.1) is 23.6 Å².